The van der Waals surface area contributed by atoms with Crippen molar-refractivity contribution in [2.75, 3.05) is 32.5 Å². The van der Waals surface area contributed by atoms with Crippen molar-refractivity contribution in [3.05, 3.63) is 64.4 Å². The summed E-state index contributed by atoms with van der Waals surface area (Å²) in [6, 6.07) is 9.21. The van der Waals surface area contributed by atoms with Crippen LogP contribution in [0.5, 0.6) is 0 Å². The standard InChI is InChI=1S/C23H24FN5O5/c1-23(14-4-6-15(24)7-5-14)20(31)29(21(32)26-23)13-19(30)25-16-8-9-18-17(12-16)28(22(33)34-18)11-10-27(2)3/h4-9,12H,10-11,13H2,1-3H3,(H,25,30)(H,26,32). The van der Waals surface area contributed by atoms with Gasteiger partial charge in [0.05, 0.1) is 5.52 Å². The summed E-state index contributed by atoms with van der Waals surface area (Å²) in [5, 5.41) is 5.22. The van der Waals surface area contributed by atoms with E-state index in [2.05, 4.69) is 10.6 Å². The van der Waals surface area contributed by atoms with Crippen LogP contribution in [-0.2, 0) is 21.7 Å². The zero-order valence-corrected chi connectivity index (χ0v) is 18.9. The zero-order valence-electron chi connectivity index (χ0n) is 18.9. The number of likely N-dealkylation sites (N-methyl/N-ethyl adjacent to an activating group) is 1. The lowest BCUT2D eigenvalue weighted by atomic mass is 9.92. The van der Waals surface area contributed by atoms with Gasteiger partial charge in [0, 0.05) is 18.8 Å². The van der Waals surface area contributed by atoms with E-state index in [1.165, 1.54) is 35.8 Å². The van der Waals surface area contributed by atoms with E-state index in [-0.39, 0.29) is 0 Å². The van der Waals surface area contributed by atoms with Crippen LogP contribution in [0.4, 0.5) is 14.9 Å². The van der Waals surface area contributed by atoms with E-state index in [1.54, 1.807) is 18.2 Å². The van der Waals surface area contributed by atoms with Crippen LogP contribution in [0.25, 0.3) is 11.1 Å². The van der Waals surface area contributed by atoms with Gasteiger partial charge in [-0.15, -0.1) is 0 Å². The summed E-state index contributed by atoms with van der Waals surface area (Å²) in [6.45, 7) is 2.00. The number of oxazole rings is 1. The summed E-state index contributed by atoms with van der Waals surface area (Å²) >= 11 is 0. The minimum Gasteiger partial charge on any atom is -0.408 e. The Hall–Kier alpha value is -3.99. The molecule has 0 bridgehead atoms. The molecule has 1 fully saturated rings. The lowest BCUT2D eigenvalue weighted by Crippen LogP contribution is -2.42. The van der Waals surface area contributed by atoms with Gasteiger partial charge in [0.25, 0.3) is 5.91 Å². The molecule has 2 heterocycles. The number of hydrogen-bond acceptors (Lipinski definition) is 6. The van der Waals surface area contributed by atoms with Gasteiger partial charge < -0.3 is 20.0 Å². The molecular formula is C23H24FN5O5. The van der Waals surface area contributed by atoms with Crippen LogP contribution in [0.1, 0.15) is 12.5 Å². The summed E-state index contributed by atoms with van der Waals surface area (Å²) in [7, 11) is 3.77. The molecule has 2 aromatic carbocycles. The number of rotatable bonds is 7. The van der Waals surface area contributed by atoms with Crippen molar-refractivity contribution >= 4 is 34.6 Å². The SMILES string of the molecule is CN(C)CCn1c(=O)oc2ccc(NC(=O)CN3C(=O)NC(C)(c4ccc(F)cc4)C3=O)cc21. The molecule has 1 aromatic heterocycles. The Morgan fingerprint density at radius 1 is 1.15 bits per heavy atom. The minimum absolute atomic E-state index is 0.380. The third-order valence-corrected chi connectivity index (χ3v) is 5.72. The highest BCUT2D eigenvalue weighted by Gasteiger charge is 2.49. The Labute approximate surface area is 193 Å². The van der Waals surface area contributed by atoms with Crippen molar-refractivity contribution in [3.63, 3.8) is 0 Å². The first kappa shape index (κ1) is 23.2. The molecule has 10 nitrogen and oxygen atoms in total. The number of urea groups is 1. The average Bonchev–Trinajstić information content (AvgIpc) is 3.20. The van der Waals surface area contributed by atoms with Crippen LogP contribution < -0.4 is 16.4 Å². The van der Waals surface area contributed by atoms with Crippen molar-refractivity contribution in [2.24, 2.45) is 0 Å². The number of halogens is 1. The molecule has 178 valence electrons. The molecule has 4 rings (SSSR count). The largest absolute Gasteiger partial charge is 0.419 e. The topological polar surface area (TPSA) is 117 Å². The van der Waals surface area contributed by atoms with Gasteiger partial charge in [-0.2, -0.15) is 0 Å². The highest BCUT2D eigenvalue weighted by Crippen LogP contribution is 2.29. The number of anilines is 1. The van der Waals surface area contributed by atoms with E-state index in [9.17, 15) is 23.6 Å². The lowest BCUT2D eigenvalue weighted by Gasteiger charge is -2.22. The van der Waals surface area contributed by atoms with Gasteiger partial charge in [-0.25, -0.2) is 14.0 Å². The third kappa shape index (κ3) is 4.29. The second-order valence-corrected chi connectivity index (χ2v) is 8.51. The predicted molar refractivity (Wildman–Crippen MR) is 122 cm³/mol. The molecule has 1 atom stereocenters. The summed E-state index contributed by atoms with van der Waals surface area (Å²) in [6.07, 6.45) is 0. The average molecular weight is 469 g/mol. The quantitative estimate of drug-likeness (QED) is 0.509. The number of aromatic nitrogens is 1. The van der Waals surface area contributed by atoms with Crippen molar-refractivity contribution in [1.82, 2.24) is 19.7 Å². The molecular weight excluding hydrogens is 445 g/mol. The first-order valence-electron chi connectivity index (χ1n) is 10.6. The first-order valence-corrected chi connectivity index (χ1v) is 10.6. The second-order valence-electron chi connectivity index (χ2n) is 8.51. The van der Waals surface area contributed by atoms with Crippen molar-refractivity contribution in [1.29, 1.82) is 0 Å². The molecule has 1 saturated heterocycles. The summed E-state index contributed by atoms with van der Waals surface area (Å²) in [5.41, 5.74) is 0.263. The first-order chi connectivity index (χ1) is 16.1. The molecule has 0 saturated carbocycles. The Morgan fingerprint density at radius 2 is 1.85 bits per heavy atom. The molecule has 2 N–H and O–H groups in total. The minimum atomic E-state index is -1.41. The highest BCUT2D eigenvalue weighted by atomic mass is 19.1. The number of nitrogens with one attached hydrogen (secondary N) is 2. The Morgan fingerprint density at radius 3 is 2.53 bits per heavy atom. The van der Waals surface area contributed by atoms with Crippen LogP contribution in [0.15, 0.2) is 51.7 Å². The third-order valence-electron chi connectivity index (χ3n) is 5.72. The smallest absolute Gasteiger partial charge is 0.408 e. The molecule has 1 aliphatic rings. The molecule has 34 heavy (non-hydrogen) atoms. The van der Waals surface area contributed by atoms with E-state index < -0.39 is 41.5 Å². The molecule has 1 aliphatic heterocycles. The molecule has 0 spiro atoms. The van der Waals surface area contributed by atoms with Gasteiger partial charge in [-0.3, -0.25) is 19.1 Å². The fourth-order valence-corrected chi connectivity index (χ4v) is 3.82. The Bertz CT molecular complexity index is 1330. The van der Waals surface area contributed by atoms with E-state index in [0.717, 1.165) is 4.90 Å². The maximum absolute atomic E-state index is 13.3. The number of carbonyl (C=O) groups excluding carboxylic acids is 3. The van der Waals surface area contributed by atoms with Gasteiger partial charge in [0.1, 0.15) is 17.9 Å². The van der Waals surface area contributed by atoms with Gasteiger partial charge >= 0.3 is 11.8 Å². The molecule has 4 amide bonds. The number of fused-ring (bicyclic) bond motifs is 1. The lowest BCUT2D eigenvalue weighted by molar-refractivity contribution is -0.133. The van der Waals surface area contributed by atoms with E-state index in [1.807, 2.05) is 19.0 Å². The van der Waals surface area contributed by atoms with E-state index in [0.29, 0.717) is 35.4 Å². The zero-order chi connectivity index (χ0) is 24.6. The van der Waals surface area contributed by atoms with E-state index in [4.69, 9.17) is 4.42 Å². The molecule has 1 unspecified atom stereocenters. The number of amides is 4. The number of imide groups is 1. The number of carbonyl (C=O) groups is 3. The summed E-state index contributed by atoms with van der Waals surface area (Å²) < 4.78 is 20.0. The molecule has 11 heteroatoms. The number of hydrogen-bond donors (Lipinski definition) is 2. The maximum atomic E-state index is 13.3. The van der Waals surface area contributed by atoms with Crippen molar-refractivity contribution in [2.45, 2.75) is 19.0 Å². The normalized spacial score (nSPS) is 18.1. The van der Waals surface area contributed by atoms with Crippen LogP contribution in [-0.4, -0.2) is 59.4 Å². The highest BCUT2D eigenvalue weighted by molar-refractivity contribution is 6.10. The van der Waals surface area contributed by atoms with E-state index >= 15 is 0 Å². The maximum Gasteiger partial charge on any atom is 0.419 e. The van der Waals surface area contributed by atoms with Crippen LogP contribution in [0, 0.1) is 5.82 Å². The summed E-state index contributed by atoms with van der Waals surface area (Å²) in [5.74, 6) is -2.19. The predicted octanol–water partition coefficient (Wildman–Crippen LogP) is 1.70. The number of nitrogens with zero attached hydrogens (tertiary/aromatic N) is 3. The van der Waals surface area contributed by atoms with Crippen LogP contribution in [0.3, 0.4) is 0 Å². The van der Waals surface area contributed by atoms with Gasteiger partial charge in [-0.05, 0) is 56.9 Å². The second kappa shape index (κ2) is 8.75. The van der Waals surface area contributed by atoms with Crippen molar-refractivity contribution in [3.8, 4) is 0 Å². The monoisotopic (exact) mass is 469 g/mol. The molecule has 3 aromatic rings. The van der Waals surface area contributed by atoms with Crippen LogP contribution in [0.2, 0.25) is 0 Å². The summed E-state index contributed by atoms with van der Waals surface area (Å²) in [4.78, 5) is 53.0. The Kier molecular flexibility index (Phi) is 5.96. The van der Waals surface area contributed by atoms with Crippen molar-refractivity contribution < 1.29 is 23.2 Å². The molecule has 0 radical (unpaired) electrons. The van der Waals surface area contributed by atoms with Gasteiger partial charge in [0.15, 0.2) is 5.58 Å². The van der Waals surface area contributed by atoms with Crippen LogP contribution >= 0.6 is 0 Å². The number of benzene rings is 2. The van der Waals surface area contributed by atoms with Gasteiger partial charge in [-0.1, -0.05) is 12.1 Å². The fraction of sp³-hybridized carbons (Fsp3) is 0.304. The fourth-order valence-electron chi connectivity index (χ4n) is 3.82. The molecule has 0 aliphatic carbocycles. The van der Waals surface area contributed by atoms with Gasteiger partial charge in [0.2, 0.25) is 5.91 Å². The Balaban J connectivity index is 1.49.